The Morgan fingerprint density at radius 1 is 1.16 bits per heavy atom. The molecule has 4 fully saturated rings. The first-order valence-corrected chi connectivity index (χ1v) is 14.4. The van der Waals surface area contributed by atoms with E-state index in [2.05, 4.69) is 10.2 Å². The number of piperazine rings is 1. The van der Waals surface area contributed by atoms with E-state index in [1.54, 1.807) is 12.1 Å². The average Bonchev–Trinajstić information content (AvgIpc) is 3.66. The van der Waals surface area contributed by atoms with Crippen LogP contribution in [0, 0.1) is 17.7 Å². The van der Waals surface area contributed by atoms with E-state index in [0.29, 0.717) is 26.7 Å². The zero-order valence-corrected chi connectivity index (χ0v) is 23.2. The van der Waals surface area contributed by atoms with Gasteiger partial charge in [-0.25, -0.2) is 4.39 Å². The molecule has 0 spiro atoms. The lowest BCUT2D eigenvalue weighted by Gasteiger charge is -2.30. The lowest BCUT2D eigenvalue weighted by molar-refractivity contribution is -0.124. The molecule has 1 aromatic heterocycles. The molecule has 2 saturated carbocycles. The third-order valence-electron chi connectivity index (χ3n) is 8.22. The van der Waals surface area contributed by atoms with E-state index in [1.165, 1.54) is 43.2 Å². The second-order valence-electron chi connectivity index (χ2n) is 10.5. The topological polar surface area (TPSA) is 48.7 Å². The Hall–Kier alpha value is -1.71. The van der Waals surface area contributed by atoms with E-state index in [-0.39, 0.29) is 30.2 Å². The van der Waals surface area contributed by atoms with Crippen LogP contribution in [0.5, 0.6) is 0 Å². The third kappa shape index (κ3) is 5.69. The molecule has 198 valence electrons. The quantitative estimate of drug-likeness (QED) is 0.344. The SMILES string of the molecule is Cl.O=C1/C(=C/c2oc(-c3ccc(F)cc3)cc2CCCN2CCNCC2)SC(=S)N1C1CC2CCC1C2. The fourth-order valence-electron chi connectivity index (χ4n) is 6.36. The second kappa shape index (κ2) is 11.6. The molecule has 2 saturated heterocycles. The molecule has 1 N–H and O–H groups in total. The number of halogens is 2. The number of carbonyl (C=O) groups is 1. The molecule has 2 aromatic rings. The Kier molecular flexibility index (Phi) is 8.41. The number of nitrogens with one attached hydrogen (secondary N) is 1. The van der Waals surface area contributed by atoms with Crippen molar-refractivity contribution in [2.24, 2.45) is 11.8 Å². The molecular formula is C28H33ClFN3O2S2. The largest absolute Gasteiger partial charge is 0.456 e. The fraction of sp³-hybridized carbons (Fsp3) is 0.500. The van der Waals surface area contributed by atoms with Crippen LogP contribution in [-0.4, -0.2) is 58.8 Å². The first-order chi connectivity index (χ1) is 17.5. The van der Waals surface area contributed by atoms with Crippen molar-refractivity contribution in [2.45, 2.75) is 44.6 Å². The zero-order valence-electron chi connectivity index (χ0n) is 20.8. The fourth-order valence-corrected chi connectivity index (χ4v) is 7.70. The van der Waals surface area contributed by atoms with Gasteiger partial charge >= 0.3 is 0 Å². The number of thioether (sulfide) groups is 1. The number of rotatable bonds is 7. The van der Waals surface area contributed by atoms with Crippen LogP contribution in [0.4, 0.5) is 4.39 Å². The smallest absolute Gasteiger partial charge is 0.266 e. The first-order valence-electron chi connectivity index (χ1n) is 13.1. The van der Waals surface area contributed by atoms with Gasteiger partial charge in [-0.05, 0) is 86.4 Å². The zero-order chi connectivity index (χ0) is 24.6. The van der Waals surface area contributed by atoms with Gasteiger partial charge < -0.3 is 14.6 Å². The molecule has 2 aliphatic heterocycles. The molecule has 2 aliphatic carbocycles. The van der Waals surface area contributed by atoms with Gasteiger partial charge in [0.1, 0.15) is 21.7 Å². The van der Waals surface area contributed by atoms with Crippen LogP contribution < -0.4 is 5.32 Å². The van der Waals surface area contributed by atoms with E-state index in [4.69, 9.17) is 16.6 Å². The minimum atomic E-state index is -0.272. The van der Waals surface area contributed by atoms with Crippen molar-refractivity contribution in [3.05, 3.63) is 52.4 Å². The summed E-state index contributed by atoms with van der Waals surface area (Å²) in [7, 11) is 0. The number of amides is 1. The van der Waals surface area contributed by atoms with Gasteiger partial charge in [0.2, 0.25) is 0 Å². The standard InChI is InChI=1S/C28H32FN3O2S2.ClH/c29-22-7-5-19(6-8-22)24-16-21(2-1-11-31-12-9-30-10-13-31)25(34-24)17-26-27(33)32(28(35)36-26)23-15-18-3-4-20(23)14-18;/h5-8,16-18,20,23,30H,1-4,9-15H2;1H/b26-17-;. The van der Waals surface area contributed by atoms with E-state index in [0.717, 1.165) is 69.0 Å². The summed E-state index contributed by atoms with van der Waals surface area (Å²) in [4.78, 5) is 18.5. The predicted octanol–water partition coefficient (Wildman–Crippen LogP) is 5.74. The molecule has 3 heterocycles. The summed E-state index contributed by atoms with van der Waals surface area (Å²) in [5.41, 5.74) is 1.91. The first kappa shape index (κ1) is 26.9. The van der Waals surface area contributed by atoms with Gasteiger partial charge in [0.25, 0.3) is 5.91 Å². The summed E-state index contributed by atoms with van der Waals surface area (Å²) in [5, 5.41) is 3.40. The number of nitrogens with zero attached hydrogens (tertiary/aromatic N) is 2. The Labute approximate surface area is 233 Å². The highest BCUT2D eigenvalue weighted by atomic mass is 35.5. The van der Waals surface area contributed by atoms with Crippen molar-refractivity contribution >= 4 is 52.7 Å². The van der Waals surface area contributed by atoms with E-state index in [9.17, 15) is 9.18 Å². The number of carbonyl (C=O) groups excluding carboxylic acids is 1. The Bertz CT molecular complexity index is 1180. The van der Waals surface area contributed by atoms with Crippen LogP contribution >= 0.6 is 36.4 Å². The summed E-state index contributed by atoms with van der Waals surface area (Å²) < 4.78 is 20.5. The van der Waals surface area contributed by atoms with Gasteiger partial charge in [0, 0.05) is 43.9 Å². The molecule has 6 rings (SSSR count). The minimum absolute atomic E-state index is 0. The summed E-state index contributed by atoms with van der Waals surface area (Å²) in [6, 6.07) is 8.66. The van der Waals surface area contributed by atoms with Gasteiger partial charge in [0.15, 0.2) is 0 Å². The number of thiocarbonyl (C=S) groups is 1. The number of furan rings is 1. The monoisotopic (exact) mass is 561 g/mol. The van der Waals surface area contributed by atoms with Crippen LogP contribution in [0.3, 0.4) is 0 Å². The Morgan fingerprint density at radius 2 is 1.95 bits per heavy atom. The molecule has 9 heteroatoms. The summed E-state index contributed by atoms with van der Waals surface area (Å²) >= 11 is 7.08. The van der Waals surface area contributed by atoms with Crippen LogP contribution in [0.1, 0.15) is 43.4 Å². The van der Waals surface area contributed by atoms with Crippen LogP contribution in [0.25, 0.3) is 17.4 Å². The molecule has 3 atom stereocenters. The average molecular weight is 562 g/mol. The van der Waals surface area contributed by atoms with Crippen molar-refractivity contribution in [2.75, 3.05) is 32.7 Å². The molecule has 37 heavy (non-hydrogen) atoms. The van der Waals surface area contributed by atoms with Gasteiger partial charge in [-0.1, -0.05) is 30.4 Å². The Balaban J connectivity index is 0.00000280. The van der Waals surface area contributed by atoms with Crippen molar-refractivity contribution in [3.63, 3.8) is 0 Å². The number of fused-ring (bicyclic) bond motifs is 2. The summed E-state index contributed by atoms with van der Waals surface area (Å²) in [6.07, 6.45) is 8.57. The Morgan fingerprint density at radius 3 is 2.65 bits per heavy atom. The number of hydrogen-bond donors (Lipinski definition) is 1. The molecule has 1 amide bonds. The molecule has 3 unspecified atom stereocenters. The lowest BCUT2D eigenvalue weighted by Crippen LogP contribution is -2.43. The molecule has 1 aromatic carbocycles. The predicted molar refractivity (Wildman–Crippen MR) is 153 cm³/mol. The van der Waals surface area contributed by atoms with E-state index in [1.807, 2.05) is 17.0 Å². The van der Waals surface area contributed by atoms with Gasteiger partial charge in [-0.3, -0.25) is 9.69 Å². The minimum Gasteiger partial charge on any atom is -0.456 e. The molecule has 4 aliphatic rings. The van der Waals surface area contributed by atoms with Gasteiger partial charge in [0.05, 0.1) is 4.91 Å². The van der Waals surface area contributed by atoms with Crippen molar-refractivity contribution < 1.29 is 13.6 Å². The number of benzene rings is 1. The highest BCUT2D eigenvalue weighted by Gasteiger charge is 2.48. The van der Waals surface area contributed by atoms with Crippen LogP contribution in [-0.2, 0) is 11.2 Å². The molecule has 0 radical (unpaired) electrons. The molecular weight excluding hydrogens is 529 g/mol. The molecule has 5 nitrogen and oxygen atoms in total. The van der Waals surface area contributed by atoms with Gasteiger partial charge in [-0.2, -0.15) is 0 Å². The summed E-state index contributed by atoms with van der Waals surface area (Å²) in [6.45, 7) is 5.26. The van der Waals surface area contributed by atoms with E-state index < -0.39 is 0 Å². The third-order valence-corrected chi connectivity index (χ3v) is 9.55. The maximum Gasteiger partial charge on any atom is 0.266 e. The van der Waals surface area contributed by atoms with Gasteiger partial charge in [-0.15, -0.1) is 12.4 Å². The number of hydrogen-bond acceptors (Lipinski definition) is 6. The number of aryl methyl sites for hydroxylation is 1. The van der Waals surface area contributed by atoms with Crippen molar-refractivity contribution in [1.82, 2.24) is 15.1 Å². The van der Waals surface area contributed by atoms with Crippen molar-refractivity contribution in [3.8, 4) is 11.3 Å². The maximum absolute atomic E-state index is 13.5. The highest BCUT2D eigenvalue weighted by Crippen LogP contribution is 2.49. The molecule has 2 bridgehead atoms. The maximum atomic E-state index is 13.5. The highest BCUT2D eigenvalue weighted by molar-refractivity contribution is 8.26. The van der Waals surface area contributed by atoms with Crippen LogP contribution in [0.15, 0.2) is 39.7 Å². The second-order valence-corrected chi connectivity index (χ2v) is 12.2. The normalized spacial score (nSPS) is 26.9. The van der Waals surface area contributed by atoms with Crippen molar-refractivity contribution in [1.29, 1.82) is 0 Å². The lowest BCUT2D eigenvalue weighted by atomic mass is 9.94. The summed E-state index contributed by atoms with van der Waals surface area (Å²) in [5.74, 6) is 2.50. The van der Waals surface area contributed by atoms with Crippen LogP contribution in [0.2, 0.25) is 0 Å². The van der Waals surface area contributed by atoms with E-state index >= 15 is 0 Å².